The largest absolute Gasteiger partial charge is 0.493 e. The fraction of sp³-hybridized carbons (Fsp3) is 0.391. The van der Waals surface area contributed by atoms with Crippen LogP contribution in [0.2, 0.25) is 0 Å². The minimum absolute atomic E-state index is 0.239. The van der Waals surface area contributed by atoms with Crippen LogP contribution in [0.15, 0.2) is 56.1 Å². The Kier molecular flexibility index (Phi) is 5.31. The van der Waals surface area contributed by atoms with Crippen molar-refractivity contribution < 1.29 is 28.5 Å². The number of aliphatic hydroxyl groups excluding tert-OH is 1. The molecule has 2 aliphatic rings. The molecule has 0 bridgehead atoms. The molecule has 0 amide bonds. The first-order valence-electron chi connectivity index (χ1n) is 11.0. The molecule has 1 N–H and O–H groups in total. The van der Waals surface area contributed by atoms with E-state index < -0.39 is 36.0 Å². The highest BCUT2D eigenvalue weighted by molar-refractivity contribution is 7.99. The molecule has 11 nitrogen and oxygen atoms in total. The van der Waals surface area contributed by atoms with E-state index >= 15 is 0 Å². The Labute approximate surface area is 203 Å². The van der Waals surface area contributed by atoms with Gasteiger partial charge in [-0.05, 0) is 37.7 Å². The summed E-state index contributed by atoms with van der Waals surface area (Å²) in [7, 11) is 1.52. The van der Waals surface area contributed by atoms with E-state index in [1.54, 1.807) is 22.9 Å². The van der Waals surface area contributed by atoms with E-state index in [9.17, 15) is 9.90 Å². The third-order valence-electron chi connectivity index (χ3n) is 6.00. The predicted molar refractivity (Wildman–Crippen MR) is 123 cm³/mol. The first kappa shape index (κ1) is 22.4. The van der Waals surface area contributed by atoms with E-state index in [2.05, 4.69) is 15.0 Å². The van der Waals surface area contributed by atoms with E-state index in [-0.39, 0.29) is 6.61 Å². The van der Waals surface area contributed by atoms with Crippen LogP contribution >= 0.6 is 11.8 Å². The molecule has 2 fully saturated rings. The Morgan fingerprint density at radius 3 is 2.89 bits per heavy atom. The van der Waals surface area contributed by atoms with Crippen LogP contribution in [0, 0.1) is 0 Å². The van der Waals surface area contributed by atoms with Gasteiger partial charge in [0.15, 0.2) is 34.2 Å². The van der Waals surface area contributed by atoms with Gasteiger partial charge in [0.25, 0.3) is 0 Å². The van der Waals surface area contributed by atoms with Gasteiger partial charge in [-0.25, -0.2) is 19.7 Å². The van der Waals surface area contributed by atoms with Crippen LogP contribution in [0.1, 0.15) is 20.1 Å². The van der Waals surface area contributed by atoms with Crippen molar-refractivity contribution in [2.75, 3.05) is 13.7 Å². The maximum absolute atomic E-state index is 12.9. The lowest BCUT2D eigenvalue weighted by atomic mass is 10.1. The average Bonchev–Trinajstić information content (AvgIpc) is 3.46. The van der Waals surface area contributed by atoms with Crippen molar-refractivity contribution in [2.45, 2.75) is 54.2 Å². The number of hydrogen-bond donors (Lipinski definition) is 1. The SMILES string of the molecule is COc1cccc2cc(Sc3nc4cncnc4n3[C@@H]3O[C@H](CO)[C@H]4OC(C)(C)O[C@H]43)c(=O)oc12. The molecule has 182 valence electrons. The highest BCUT2D eigenvalue weighted by Gasteiger charge is 2.56. The molecule has 12 heteroatoms. The molecule has 1 aromatic carbocycles. The van der Waals surface area contributed by atoms with Gasteiger partial charge in [-0.1, -0.05) is 12.1 Å². The van der Waals surface area contributed by atoms with Crippen LogP contribution in [0.4, 0.5) is 0 Å². The lowest BCUT2D eigenvalue weighted by molar-refractivity contribution is -0.200. The summed E-state index contributed by atoms with van der Waals surface area (Å²) < 4.78 is 31.0. The standard InChI is InChI=1S/C23H22N4O7S/c1-23(2)33-17-14(9-28)31-20(18(17)34-23)27-19-12(8-24-10-25-19)26-22(27)35-15-7-11-5-4-6-13(30-3)16(11)32-21(15)29/h4-8,10,14,17-18,20,28H,9H2,1-3H3/t14-,17-,18-,20-/m1/s1. The van der Waals surface area contributed by atoms with Crippen LogP contribution in [0.3, 0.4) is 0 Å². The predicted octanol–water partition coefficient (Wildman–Crippen LogP) is 2.50. The molecule has 35 heavy (non-hydrogen) atoms. The van der Waals surface area contributed by atoms with Crippen LogP contribution in [0.5, 0.6) is 5.75 Å². The van der Waals surface area contributed by atoms with Gasteiger partial charge in [-0.3, -0.25) is 4.57 Å². The first-order chi connectivity index (χ1) is 16.9. The van der Waals surface area contributed by atoms with Crippen molar-refractivity contribution >= 4 is 33.9 Å². The van der Waals surface area contributed by atoms with Gasteiger partial charge in [0.1, 0.15) is 35.1 Å². The Morgan fingerprint density at radius 1 is 1.26 bits per heavy atom. The van der Waals surface area contributed by atoms with E-state index in [0.29, 0.717) is 37.9 Å². The molecular weight excluding hydrogens is 476 g/mol. The van der Waals surface area contributed by atoms with Crippen molar-refractivity contribution in [3.05, 3.63) is 47.2 Å². The molecule has 0 radical (unpaired) electrons. The molecule has 2 saturated heterocycles. The van der Waals surface area contributed by atoms with Crippen molar-refractivity contribution in [2.24, 2.45) is 0 Å². The zero-order valence-corrected chi connectivity index (χ0v) is 19.9. The van der Waals surface area contributed by atoms with Crippen molar-refractivity contribution in [1.29, 1.82) is 0 Å². The number of fused-ring (bicyclic) bond motifs is 3. The van der Waals surface area contributed by atoms with E-state index in [0.717, 1.165) is 11.8 Å². The molecule has 4 aromatic rings. The number of hydrogen-bond acceptors (Lipinski definition) is 11. The summed E-state index contributed by atoms with van der Waals surface area (Å²) in [5.74, 6) is -0.373. The number of ether oxygens (including phenoxy) is 4. The number of rotatable bonds is 5. The lowest BCUT2D eigenvalue weighted by Gasteiger charge is -2.25. The number of para-hydroxylation sites is 1. The van der Waals surface area contributed by atoms with Crippen molar-refractivity contribution in [3.63, 3.8) is 0 Å². The maximum Gasteiger partial charge on any atom is 0.350 e. The van der Waals surface area contributed by atoms with E-state index in [4.69, 9.17) is 23.4 Å². The van der Waals surface area contributed by atoms with Crippen LogP contribution in [-0.4, -0.2) is 62.4 Å². The molecule has 5 heterocycles. The number of benzene rings is 1. The van der Waals surface area contributed by atoms with Gasteiger partial charge in [0.2, 0.25) is 0 Å². The van der Waals surface area contributed by atoms with Gasteiger partial charge < -0.3 is 28.5 Å². The Hall–Kier alpha value is -3.03. The van der Waals surface area contributed by atoms with Gasteiger partial charge >= 0.3 is 5.63 Å². The number of aromatic nitrogens is 4. The molecule has 4 atom stereocenters. The summed E-state index contributed by atoms with van der Waals surface area (Å²) in [6, 6.07) is 7.12. The maximum atomic E-state index is 12.9. The molecule has 2 aliphatic heterocycles. The topological polar surface area (TPSA) is 131 Å². The summed E-state index contributed by atoms with van der Waals surface area (Å²) in [6.07, 6.45) is 0.706. The molecule has 0 aliphatic carbocycles. The van der Waals surface area contributed by atoms with Crippen LogP contribution < -0.4 is 10.4 Å². The summed E-state index contributed by atoms with van der Waals surface area (Å²) in [4.78, 5) is 26.4. The third kappa shape index (κ3) is 3.69. The zero-order valence-electron chi connectivity index (χ0n) is 19.1. The Morgan fingerprint density at radius 2 is 2.09 bits per heavy atom. The highest BCUT2D eigenvalue weighted by Crippen LogP contribution is 2.45. The van der Waals surface area contributed by atoms with E-state index in [1.165, 1.54) is 13.4 Å². The van der Waals surface area contributed by atoms with Crippen molar-refractivity contribution in [1.82, 2.24) is 19.5 Å². The molecule has 0 saturated carbocycles. The number of methoxy groups -OCH3 is 1. The summed E-state index contributed by atoms with van der Waals surface area (Å²) in [5, 5.41) is 11.1. The van der Waals surface area contributed by atoms with Gasteiger partial charge in [-0.2, -0.15) is 0 Å². The summed E-state index contributed by atoms with van der Waals surface area (Å²) in [5.41, 5.74) is 0.865. The second kappa shape index (κ2) is 8.28. The first-order valence-corrected chi connectivity index (χ1v) is 11.8. The minimum Gasteiger partial charge on any atom is -0.493 e. The van der Waals surface area contributed by atoms with Crippen LogP contribution in [0.25, 0.3) is 22.1 Å². The molecule has 0 unspecified atom stereocenters. The minimum atomic E-state index is -0.845. The van der Waals surface area contributed by atoms with Crippen LogP contribution in [-0.2, 0) is 14.2 Å². The average molecular weight is 499 g/mol. The number of nitrogens with zero attached hydrogens (tertiary/aromatic N) is 4. The number of imidazole rings is 1. The normalized spacial score (nSPS) is 25.4. The van der Waals surface area contributed by atoms with Crippen molar-refractivity contribution in [3.8, 4) is 5.75 Å². The Balaban J connectivity index is 1.46. The summed E-state index contributed by atoms with van der Waals surface area (Å²) >= 11 is 1.12. The molecule has 3 aromatic heterocycles. The Bertz CT molecular complexity index is 1490. The second-order valence-electron chi connectivity index (χ2n) is 8.69. The smallest absolute Gasteiger partial charge is 0.350 e. The third-order valence-corrected chi connectivity index (χ3v) is 6.97. The molecule has 6 rings (SSSR count). The lowest BCUT2D eigenvalue weighted by Crippen LogP contribution is -2.31. The second-order valence-corrected chi connectivity index (χ2v) is 9.70. The fourth-order valence-electron chi connectivity index (χ4n) is 4.57. The van der Waals surface area contributed by atoms with E-state index in [1.807, 2.05) is 26.0 Å². The van der Waals surface area contributed by atoms with Gasteiger partial charge in [0.05, 0.1) is 19.9 Å². The zero-order chi connectivity index (χ0) is 24.3. The van der Waals surface area contributed by atoms with Gasteiger partial charge in [-0.15, -0.1) is 0 Å². The fourth-order valence-corrected chi connectivity index (χ4v) is 5.51. The molecule has 0 spiro atoms. The quantitative estimate of drug-likeness (QED) is 0.407. The number of aliphatic hydroxyl groups is 1. The molecular formula is C23H22N4O7S. The summed E-state index contributed by atoms with van der Waals surface area (Å²) in [6.45, 7) is 3.39. The highest BCUT2D eigenvalue weighted by atomic mass is 32.2. The monoisotopic (exact) mass is 498 g/mol. The van der Waals surface area contributed by atoms with Gasteiger partial charge in [0, 0.05) is 5.39 Å².